The molecule has 1 aromatic carbocycles. The van der Waals surface area contributed by atoms with E-state index in [-0.39, 0.29) is 5.41 Å². The molecule has 17 heavy (non-hydrogen) atoms. The molecule has 1 aliphatic carbocycles. The first-order valence-corrected chi connectivity index (χ1v) is 6.76. The van der Waals surface area contributed by atoms with Gasteiger partial charge in [-0.25, -0.2) is 4.98 Å². The first-order valence-electron chi connectivity index (χ1n) is 5.96. The van der Waals surface area contributed by atoms with Crippen molar-refractivity contribution in [2.45, 2.75) is 25.7 Å². The van der Waals surface area contributed by atoms with Crippen LogP contribution in [0.3, 0.4) is 0 Å². The molecule has 1 fully saturated rings. The lowest BCUT2D eigenvalue weighted by Crippen LogP contribution is -2.39. The lowest BCUT2D eigenvalue weighted by molar-refractivity contribution is 0.134. The number of para-hydroxylation sites is 1. The van der Waals surface area contributed by atoms with E-state index in [0.717, 1.165) is 34.4 Å². The van der Waals surface area contributed by atoms with E-state index in [1.165, 1.54) is 19.3 Å². The van der Waals surface area contributed by atoms with Crippen LogP contribution in [-0.4, -0.2) is 11.5 Å². The van der Waals surface area contributed by atoms with Crippen molar-refractivity contribution in [2.75, 3.05) is 6.54 Å². The average Bonchev–Trinajstić information content (AvgIpc) is 2.68. The summed E-state index contributed by atoms with van der Waals surface area (Å²) in [6.45, 7) is 0.729. The highest BCUT2D eigenvalue weighted by molar-refractivity contribution is 9.10. The zero-order chi connectivity index (χ0) is 11.9. The second kappa shape index (κ2) is 4.10. The van der Waals surface area contributed by atoms with Gasteiger partial charge in [-0.15, -0.1) is 0 Å². The third-order valence-electron chi connectivity index (χ3n) is 3.78. The monoisotopic (exact) mass is 294 g/mol. The van der Waals surface area contributed by atoms with E-state index in [1.54, 1.807) is 0 Å². The molecule has 0 bridgehead atoms. The molecule has 1 heterocycles. The fraction of sp³-hybridized carbons (Fsp3) is 0.462. The van der Waals surface area contributed by atoms with Gasteiger partial charge in [-0.05, 0) is 52.9 Å². The molecule has 2 aromatic rings. The number of benzene rings is 1. The Hall–Kier alpha value is -0.870. The summed E-state index contributed by atoms with van der Waals surface area (Å²) in [6, 6.07) is 5.92. The minimum absolute atomic E-state index is 0.243. The van der Waals surface area contributed by atoms with Crippen molar-refractivity contribution in [3.8, 4) is 0 Å². The largest absolute Gasteiger partial charge is 0.439 e. The molecule has 1 aliphatic rings. The Morgan fingerprint density at radius 3 is 2.82 bits per heavy atom. The summed E-state index contributed by atoms with van der Waals surface area (Å²) in [7, 11) is 0. The van der Waals surface area contributed by atoms with Crippen LogP contribution in [0, 0.1) is 5.41 Å². The number of hydrogen-bond donors (Lipinski definition) is 1. The summed E-state index contributed by atoms with van der Waals surface area (Å²) in [5.74, 6) is 0.817. The van der Waals surface area contributed by atoms with Gasteiger partial charge in [0.25, 0.3) is 0 Å². The van der Waals surface area contributed by atoms with Crippen LogP contribution in [0.2, 0.25) is 0 Å². The topological polar surface area (TPSA) is 52.0 Å². The molecule has 2 N–H and O–H groups in total. The molecule has 90 valence electrons. The van der Waals surface area contributed by atoms with Gasteiger partial charge in [-0.2, -0.15) is 0 Å². The number of nitrogens with two attached hydrogens (primary N) is 1. The second-order valence-electron chi connectivity index (χ2n) is 4.93. The maximum atomic E-state index is 5.86. The minimum Gasteiger partial charge on any atom is -0.439 e. The van der Waals surface area contributed by atoms with E-state index in [2.05, 4.69) is 20.9 Å². The molecule has 0 atom stereocenters. The first-order chi connectivity index (χ1) is 8.22. The standard InChI is InChI=1S/C13H15BrN2O/c14-9-3-1-4-10-12(9)17-11(16-10)7-13(8-15)5-2-6-13/h1,3-4H,2,5-8,15H2. The van der Waals surface area contributed by atoms with Crippen LogP contribution in [0.15, 0.2) is 27.1 Å². The van der Waals surface area contributed by atoms with Crippen LogP contribution < -0.4 is 5.73 Å². The second-order valence-corrected chi connectivity index (χ2v) is 5.78. The predicted octanol–water partition coefficient (Wildman–Crippen LogP) is 3.26. The predicted molar refractivity (Wildman–Crippen MR) is 70.8 cm³/mol. The first kappa shape index (κ1) is 11.2. The van der Waals surface area contributed by atoms with Gasteiger partial charge in [0.2, 0.25) is 0 Å². The number of oxazole rings is 1. The maximum Gasteiger partial charge on any atom is 0.196 e. The molecule has 3 rings (SSSR count). The van der Waals surface area contributed by atoms with E-state index in [9.17, 15) is 0 Å². The molecule has 0 unspecified atom stereocenters. The molecule has 0 saturated heterocycles. The summed E-state index contributed by atoms with van der Waals surface area (Å²) < 4.78 is 6.78. The van der Waals surface area contributed by atoms with Gasteiger partial charge in [-0.3, -0.25) is 0 Å². The third-order valence-corrected chi connectivity index (χ3v) is 4.41. The fourth-order valence-electron chi connectivity index (χ4n) is 2.49. The van der Waals surface area contributed by atoms with Crippen molar-refractivity contribution in [3.63, 3.8) is 0 Å². The summed E-state index contributed by atoms with van der Waals surface area (Å²) in [4.78, 5) is 4.54. The van der Waals surface area contributed by atoms with Crippen molar-refractivity contribution < 1.29 is 4.42 Å². The Balaban J connectivity index is 1.93. The number of rotatable bonds is 3. The number of aromatic nitrogens is 1. The molecule has 0 amide bonds. The quantitative estimate of drug-likeness (QED) is 0.945. The fourth-order valence-corrected chi connectivity index (χ4v) is 2.92. The molecule has 1 saturated carbocycles. The van der Waals surface area contributed by atoms with Gasteiger partial charge >= 0.3 is 0 Å². The van der Waals surface area contributed by atoms with Gasteiger partial charge in [0, 0.05) is 6.42 Å². The Kier molecular flexibility index (Phi) is 2.71. The normalized spacial score (nSPS) is 18.2. The van der Waals surface area contributed by atoms with Gasteiger partial charge in [0.15, 0.2) is 11.5 Å². The van der Waals surface area contributed by atoms with Crippen molar-refractivity contribution in [1.29, 1.82) is 0 Å². The lowest BCUT2D eigenvalue weighted by atomic mass is 9.67. The van der Waals surface area contributed by atoms with Crippen molar-refractivity contribution >= 4 is 27.0 Å². The Bertz CT molecular complexity index is 540. The van der Waals surface area contributed by atoms with Gasteiger partial charge in [0.1, 0.15) is 5.52 Å². The molecule has 0 radical (unpaired) electrons. The van der Waals surface area contributed by atoms with Crippen molar-refractivity contribution in [2.24, 2.45) is 11.1 Å². The maximum absolute atomic E-state index is 5.86. The number of nitrogens with zero attached hydrogens (tertiary/aromatic N) is 1. The van der Waals surface area contributed by atoms with Crippen LogP contribution in [-0.2, 0) is 6.42 Å². The van der Waals surface area contributed by atoms with Gasteiger partial charge in [0.05, 0.1) is 4.47 Å². The van der Waals surface area contributed by atoms with Crippen LogP contribution in [0.25, 0.3) is 11.1 Å². The molecule has 0 aliphatic heterocycles. The number of hydrogen-bond acceptors (Lipinski definition) is 3. The molecule has 4 heteroatoms. The van der Waals surface area contributed by atoms with Crippen LogP contribution in [0.4, 0.5) is 0 Å². The van der Waals surface area contributed by atoms with E-state index < -0.39 is 0 Å². The van der Waals surface area contributed by atoms with Gasteiger partial charge < -0.3 is 10.2 Å². The third kappa shape index (κ3) is 1.89. The summed E-state index contributed by atoms with van der Waals surface area (Å²) >= 11 is 3.48. The SMILES string of the molecule is NCC1(Cc2nc3cccc(Br)c3o2)CCC1. The summed E-state index contributed by atoms with van der Waals surface area (Å²) in [6.07, 6.45) is 4.54. The highest BCUT2D eigenvalue weighted by Crippen LogP contribution is 2.43. The van der Waals surface area contributed by atoms with E-state index in [1.807, 2.05) is 18.2 Å². The van der Waals surface area contributed by atoms with E-state index in [4.69, 9.17) is 10.2 Å². The smallest absolute Gasteiger partial charge is 0.196 e. The molecule has 1 aromatic heterocycles. The van der Waals surface area contributed by atoms with Crippen molar-refractivity contribution in [1.82, 2.24) is 4.98 Å². The highest BCUT2D eigenvalue weighted by Gasteiger charge is 2.37. The van der Waals surface area contributed by atoms with Crippen LogP contribution >= 0.6 is 15.9 Å². The van der Waals surface area contributed by atoms with Gasteiger partial charge in [-0.1, -0.05) is 12.5 Å². The molecule has 3 nitrogen and oxygen atoms in total. The zero-order valence-electron chi connectivity index (χ0n) is 9.58. The Labute approximate surface area is 109 Å². The van der Waals surface area contributed by atoms with Crippen LogP contribution in [0.1, 0.15) is 25.2 Å². The number of fused-ring (bicyclic) bond motifs is 1. The Morgan fingerprint density at radius 1 is 1.41 bits per heavy atom. The van der Waals surface area contributed by atoms with Crippen LogP contribution in [0.5, 0.6) is 0 Å². The number of halogens is 1. The summed E-state index contributed by atoms with van der Waals surface area (Å²) in [5.41, 5.74) is 7.86. The molecular weight excluding hydrogens is 280 g/mol. The Morgan fingerprint density at radius 2 is 2.24 bits per heavy atom. The minimum atomic E-state index is 0.243. The molecular formula is C13H15BrN2O. The lowest BCUT2D eigenvalue weighted by Gasteiger charge is -2.39. The summed E-state index contributed by atoms with van der Waals surface area (Å²) in [5, 5.41) is 0. The zero-order valence-corrected chi connectivity index (χ0v) is 11.2. The van der Waals surface area contributed by atoms with Crippen molar-refractivity contribution in [3.05, 3.63) is 28.6 Å². The molecule has 0 spiro atoms. The van der Waals surface area contributed by atoms with E-state index in [0.29, 0.717) is 0 Å². The van der Waals surface area contributed by atoms with E-state index >= 15 is 0 Å². The highest BCUT2D eigenvalue weighted by atomic mass is 79.9. The average molecular weight is 295 g/mol.